The summed E-state index contributed by atoms with van der Waals surface area (Å²) in [7, 11) is 0. The van der Waals surface area contributed by atoms with Crippen LogP contribution in [0.4, 0.5) is 26.3 Å². The van der Waals surface area contributed by atoms with Crippen LogP contribution in [-0.2, 0) is 28.9 Å². The molecule has 3 rings (SSSR count). The van der Waals surface area contributed by atoms with Crippen molar-refractivity contribution < 1.29 is 41.0 Å². The van der Waals surface area contributed by atoms with E-state index in [9.17, 15) is 31.1 Å². The van der Waals surface area contributed by atoms with Gasteiger partial charge in [-0.2, -0.15) is 26.3 Å². The standard InChI is InChI=1S/C14H20F3N5O.C2HF3O2/c1-2-9-7-18-4-3-10(9)12(23)21-5-6-22-11(8-21)19-20-13(22)14(15,16)17;3-2(4,5)1(6)7/h9-10,18H,2-8H2,1H3;(H,6,7)/t9-,10+;/m0./s1. The second kappa shape index (κ2) is 9.18. The first-order valence-corrected chi connectivity index (χ1v) is 9.15. The molecule has 0 saturated carbocycles. The molecule has 0 aromatic carbocycles. The lowest BCUT2D eigenvalue weighted by atomic mass is 9.83. The largest absolute Gasteiger partial charge is 0.490 e. The monoisotopic (exact) mass is 445 g/mol. The van der Waals surface area contributed by atoms with Crippen molar-refractivity contribution in [1.29, 1.82) is 0 Å². The van der Waals surface area contributed by atoms with Gasteiger partial charge in [-0.15, -0.1) is 10.2 Å². The maximum absolute atomic E-state index is 12.8. The molecule has 170 valence electrons. The smallest absolute Gasteiger partial charge is 0.475 e. The number of carbonyl (C=O) groups is 2. The number of carboxylic acids is 1. The minimum absolute atomic E-state index is 0.0289. The highest BCUT2D eigenvalue weighted by Gasteiger charge is 2.41. The molecule has 2 aliphatic rings. The molecule has 1 aromatic heterocycles. The number of piperidine rings is 1. The third-order valence-corrected chi connectivity index (χ3v) is 5.01. The number of aromatic nitrogens is 3. The van der Waals surface area contributed by atoms with Crippen LogP contribution in [0, 0.1) is 11.8 Å². The highest BCUT2D eigenvalue weighted by Crippen LogP contribution is 2.30. The number of aliphatic carboxylic acids is 1. The van der Waals surface area contributed by atoms with E-state index >= 15 is 0 Å². The van der Waals surface area contributed by atoms with Crippen LogP contribution in [0.1, 0.15) is 31.4 Å². The molecule has 30 heavy (non-hydrogen) atoms. The molecule has 0 spiro atoms. The van der Waals surface area contributed by atoms with Gasteiger partial charge >= 0.3 is 18.3 Å². The summed E-state index contributed by atoms with van der Waals surface area (Å²) in [5, 5.41) is 17.3. The Balaban J connectivity index is 0.000000396. The van der Waals surface area contributed by atoms with Crippen LogP contribution in [-0.4, -0.2) is 62.5 Å². The zero-order valence-electron chi connectivity index (χ0n) is 15.9. The minimum Gasteiger partial charge on any atom is -0.475 e. The van der Waals surface area contributed by atoms with Crippen molar-refractivity contribution in [1.82, 2.24) is 25.0 Å². The van der Waals surface area contributed by atoms with E-state index in [1.165, 1.54) is 0 Å². The number of carboxylic acid groups (broad SMARTS) is 1. The Morgan fingerprint density at radius 1 is 1.17 bits per heavy atom. The van der Waals surface area contributed by atoms with Crippen LogP contribution in [0.15, 0.2) is 0 Å². The van der Waals surface area contributed by atoms with E-state index in [2.05, 4.69) is 22.4 Å². The number of carbonyl (C=O) groups excluding carboxylic acids is 1. The molecule has 0 aliphatic carbocycles. The van der Waals surface area contributed by atoms with Crippen LogP contribution in [0.2, 0.25) is 0 Å². The first kappa shape index (κ1) is 23.9. The summed E-state index contributed by atoms with van der Waals surface area (Å²) in [5.74, 6) is -3.28. The summed E-state index contributed by atoms with van der Waals surface area (Å²) in [5.41, 5.74) is 0. The summed E-state index contributed by atoms with van der Waals surface area (Å²) in [4.78, 5) is 23.3. The Bertz CT molecular complexity index is 764. The molecular formula is C16H21F6N5O3. The number of rotatable bonds is 2. The summed E-state index contributed by atoms with van der Waals surface area (Å²) in [6.07, 6.45) is -7.92. The molecule has 2 aliphatic heterocycles. The highest BCUT2D eigenvalue weighted by molar-refractivity contribution is 5.79. The van der Waals surface area contributed by atoms with Gasteiger partial charge in [-0.25, -0.2) is 4.79 Å². The van der Waals surface area contributed by atoms with Crippen molar-refractivity contribution in [3.63, 3.8) is 0 Å². The third kappa shape index (κ3) is 5.61. The van der Waals surface area contributed by atoms with Crippen molar-refractivity contribution in [2.75, 3.05) is 19.6 Å². The number of nitrogens with one attached hydrogen (secondary N) is 1. The second-order valence-electron chi connectivity index (χ2n) is 6.92. The Morgan fingerprint density at radius 2 is 1.80 bits per heavy atom. The molecule has 2 N–H and O–H groups in total. The zero-order chi connectivity index (χ0) is 22.7. The van der Waals surface area contributed by atoms with Crippen molar-refractivity contribution in [2.24, 2.45) is 11.8 Å². The zero-order valence-corrected chi connectivity index (χ0v) is 15.9. The summed E-state index contributed by atoms with van der Waals surface area (Å²) in [6.45, 7) is 4.13. The summed E-state index contributed by atoms with van der Waals surface area (Å²) < 4.78 is 71.3. The number of nitrogens with zero attached hydrogens (tertiary/aromatic N) is 4. The fourth-order valence-corrected chi connectivity index (χ4v) is 3.47. The molecule has 2 atom stereocenters. The normalized spacial score (nSPS) is 22.0. The van der Waals surface area contributed by atoms with Crippen molar-refractivity contribution in [3.05, 3.63) is 11.6 Å². The summed E-state index contributed by atoms with van der Waals surface area (Å²) in [6, 6.07) is 0. The Kier molecular flexibility index (Phi) is 7.31. The number of alkyl halides is 6. The van der Waals surface area contributed by atoms with Gasteiger partial charge in [0, 0.05) is 19.0 Å². The van der Waals surface area contributed by atoms with Gasteiger partial charge in [-0.3, -0.25) is 4.79 Å². The van der Waals surface area contributed by atoms with Crippen LogP contribution in [0.3, 0.4) is 0 Å². The highest BCUT2D eigenvalue weighted by atomic mass is 19.4. The molecular weight excluding hydrogens is 424 g/mol. The van der Waals surface area contributed by atoms with Crippen LogP contribution in [0.5, 0.6) is 0 Å². The van der Waals surface area contributed by atoms with Gasteiger partial charge < -0.3 is 19.9 Å². The van der Waals surface area contributed by atoms with Gasteiger partial charge in [0.15, 0.2) is 5.82 Å². The average molecular weight is 445 g/mol. The molecule has 0 unspecified atom stereocenters. The topological polar surface area (TPSA) is 100 Å². The molecule has 1 saturated heterocycles. The van der Waals surface area contributed by atoms with Crippen LogP contribution in [0.25, 0.3) is 0 Å². The van der Waals surface area contributed by atoms with E-state index in [1.807, 2.05) is 0 Å². The van der Waals surface area contributed by atoms with E-state index < -0.39 is 24.1 Å². The number of halogens is 6. The predicted octanol–water partition coefficient (Wildman–Crippen LogP) is 1.91. The van der Waals surface area contributed by atoms with E-state index in [1.54, 1.807) is 4.90 Å². The number of hydrogen-bond acceptors (Lipinski definition) is 5. The fourth-order valence-electron chi connectivity index (χ4n) is 3.47. The summed E-state index contributed by atoms with van der Waals surface area (Å²) >= 11 is 0. The Hall–Kier alpha value is -2.38. The van der Waals surface area contributed by atoms with Crippen molar-refractivity contribution in [2.45, 2.75) is 45.2 Å². The first-order valence-electron chi connectivity index (χ1n) is 9.15. The van der Waals surface area contributed by atoms with Gasteiger partial charge in [0.1, 0.15) is 0 Å². The lowest BCUT2D eigenvalue weighted by Gasteiger charge is -2.36. The molecule has 0 radical (unpaired) electrons. The molecule has 1 aromatic rings. The van der Waals surface area contributed by atoms with Crippen molar-refractivity contribution >= 4 is 11.9 Å². The number of fused-ring (bicyclic) bond motifs is 1. The third-order valence-electron chi connectivity index (χ3n) is 5.01. The number of amides is 1. The molecule has 1 amide bonds. The van der Waals surface area contributed by atoms with Gasteiger partial charge in [0.05, 0.1) is 6.54 Å². The first-order chi connectivity index (χ1) is 13.9. The van der Waals surface area contributed by atoms with E-state index in [4.69, 9.17) is 9.90 Å². The Morgan fingerprint density at radius 3 is 2.33 bits per heavy atom. The SMILES string of the molecule is CC[C@H]1CNCC[C@H]1C(=O)N1CCn2c(nnc2C(F)(F)F)C1.O=C(O)C(F)(F)F. The second-order valence-corrected chi connectivity index (χ2v) is 6.92. The van der Waals surface area contributed by atoms with E-state index in [0.717, 1.165) is 30.5 Å². The molecule has 3 heterocycles. The quantitative estimate of drug-likeness (QED) is 0.675. The Labute approximate surface area is 167 Å². The minimum atomic E-state index is -5.08. The number of hydrogen-bond donors (Lipinski definition) is 2. The maximum Gasteiger partial charge on any atom is 0.490 e. The lowest BCUT2D eigenvalue weighted by Crippen LogP contribution is -2.48. The van der Waals surface area contributed by atoms with Gasteiger partial charge in [0.25, 0.3) is 0 Å². The van der Waals surface area contributed by atoms with Crippen LogP contribution >= 0.6 is 0 Å². The molecule has 14 heteroatoms. The molecule has 8 nitrogen and oxygen atoms in total. The average Bonchev–Trinajstić information content (AvgIpc) is 3.10. The maximum atomic E-state index is 12.8. The molecule has 1 fully saturated rings. The molecule has 0 bridgehead atoms. The van der Waals surface area contributed by atoms with Crippen molar-refractivity contribution in [3.8, 4) is 0 Å². The van der Waals surface area contributed by atoms with E-state index in [0.29, 0.717) is 0 Å². The van der Waals surface area contributed by atoms with Gasteiger partial charge in [0.2, 0.25) is 11.7 Å². The lowest BCUT2D eigenvalue weighted by molar-refractivity contribution is -0.192. The van der Waals surface area contributed by atoms with Crippen LogP contribution < -0.4 is 5.32 Å². The van der Waals surface area contributed by atoms with Gasteiger partial charge in [-0.05, 0) is 25.4 Å². The fraction of sp³-hybridized carbons (Fsp3) is 0.750. The predicted molar refractivity (Wildman–Crippen MR) is 88.9 cm³/mol. The van der Waals surface area contributed by atoms with Gasteiger partial charge in [-0.1, -0.05) is 13.3 Å². The van der Waals surface area contributed by atoms with E-state index in [-0.39, 0.29) is 43.2 Å².